The highest BCUT2D eigenvalue weighted by Gasteiger charge is 2.19. The maximum atomic E-state index is 5.44. The fourth-order valence-electron chi connectivity index (χ4n) is 2.72. The first-order valence-electron chi connectivity index (χ1n) is 7.85. The SMILES string of the molecule is Cc1cc(-c2csc(C(C)(C)C)n2)ccc1N1CCOCC1. The highest BCUT2D eigenvalue weighted by atomic mass is 32.1. The number of nitrogens with zero attached hydrogens (tertiary/aromatic N) is 2. The molecular formula is C18H24N2OS. The molecule has 1 aromatic heterocycles. The normalized spacial score (nSPS) is 16.1. The van der Waals surface area contributed by atoms with Crippen LogP contribution in [0.3, 0.4) is 0 Å². The number of aryl methyl sites for hydroxylation is 1. The van der Waals surface area contributed by atoms with E-state index in [0.717, 1.165) is 32.0 Å². The third-order valence-electron chi connectivity index (χ3n) is 3.99. The molecule has 0 aliphatic carbocycles. The van der Waals surface area contributed by atoms with Crippen LogP contribution in [0.15, 0.2) is 23.6 Å². The summed E-state index contributed by atoms with van der Waals surface area (Å²) < 4.78 is 5.44. The van der Waals surface area contributed by atoms with Crippen molar-refractivity contribution in [1.29, 1.82) is 0 Å². The van der Waals surface area contributed by atoms with Crippen LogP contribution < -0.4 is 4.90 Å². The van der Waals surface area contributed by atoms with Crippen molar-refractivity contribution in [2.24, 2.45) is 0 Å². The number of ether oxygens (including phenoxy) is 1. The van der Waals surface area contributed by atoms with Crippen LogP contribution in [-0.4, -0.2) is 31.3 Å². The Labute approximate surface area is 137 Å². The largest absolute Gasteiger partial charge is 0.378 e. The van der Waals surface area contributed by atoms with E-state index in [1.54, 1.807) is 11.3 Å². The van der Waals surface area contributed by atoms with Gasteiger partial charge >= 0.3 is 0 Å². The van der Waals surface area contributed by atoms with Gasteiger partial charge in [-0.3, -0.25) is 0 Å². The van der Waals surface area contributed by atoms with Crippen molar-refractivity contribution in [2.75, 3.05) is 31.2 Å². The fraction of sp³-hybridized carbons (Fsp3) is 0.500. The summed E-state index contributed by atoms with van der Waals surface area (Å²) in [6.07, 6.45) is 0. The summed E-state index contributed by atoms with van der Waals surface area (Å²) >= 11 is 1.75. The van der Waals surface area contributed by atoms with Gasteiger partial charge in [0.1, 0.15) is 0 Å². The van der Waals surface area contributed by atoms with E-state index in [-0.39, 0.29) is 5.41 Å². The van der Waals surface area contributed by atoms with Crippen molar-refractivity contribution in [1.82, 2.24) is 4.98 Å². The number of rotatable bonds is 2. The monoisotopic (exact) mass is 316 g/mol. The highest BCUT2D eigenvalue weighted by molar-refractivity contribution is 7.10. The molecule has 0 radical (unpaired) electrons. The zero-order chi connectivity index (χ0) is 15.7. The number of hydrogen-bond acceptors (Lipinski definition) is 4. The summed E-state index contributed by atoms with van der Waals surface area (Å²) in [6, 6.07) is 6.68. The maximum absolute atomic E-state index is 5.44. The van der Waals surface area contributed by atoms with Crippen LogP contribution in [0.25, 0.3) is 11.3 Å². The standard InChI is InChI=1S/C18H24N2OS/c1-13-11-14(15-12-22-17(19-15)18(2,3)4)5-6-16(13)20-7-9-21-10-8-20/h5-6,11-12H,7-10H2,1-4H3. The third kappa shape index (κ3) is 3.18. The van der Waals surface area contributed by atoms with E-state index in [0.29, 0.717) is 0 Å². The van der Waals surface area contributed by atoms with E-state index in [1.807, 2.05) is 0 Å². The number of hydrogen-bond donors (Lipinski definition) is 0. The zero-order valence-electron chi connectivity index (χ0n) is 13.8. The van der Waals surface area contributed by atoms with Crippen molar-refractivity contribution in [3.8, 4) is 11.3 Å². The van der Waals surface area contributed by atoms with Gasteiger partial charge in [0.25, 0.3) is 0 Å². The predicted molar refractivity (Wildman–Crippen MR) is 94.0 cm³/mol. The van der Waals surface area contributed by atoms with E-state index >= 15 is 0 Å². The van der Waals surface area contributed by atoms with Crippen LogP contribution in [0.1, 0.15) is 31.3 Å². The van der Waals surface area contributed by atoms with Crippen molar-refractivity contribution in [3.05, 3.63) is 34.2 Å². The van der Waals surface area contributed by atoms with E-state index in [1.165, 1.54) is 21.8 Å². The molecule has 0 N–H and O–H groups in total. The van der Waals surface area contributed by atoms with Gasteiger partial charge < -0.3 is 9.64 Å². The van der Waals surface area contributed by atoms with Crippen LogP contribution in [-0.2, 0) is 10.2 Å². The Kier molecular flexibility index (Phi) is 4.24. The summed E-state index contributed by atoms with van der Waals surface area (Å²) in [7, 11) is 0. The molecule has 3 nitrogen and oxygen atoms in total. The molecule has 1 saturated heterocycles. The van der Waals surface area contributed by atoms with Gasteiger partial charge in [0.15, 0.2) is 0 Å². The Bertz CT molecular complexity index is 651. The third-order valence-corrected chi connectivity index (χ3v) is 5.26. The molecule has 1 aromatic carbocycles. The molecule has 3 rings (SSSR count). The molecule has 1 fully saturated rings. The minimum atomic E-state index is 0.117. The Morgan fingerprint density at radius 3 is 2.50 bits per heavy atom. The molecular weight excluding hydrogens is 292 g/mol. The molecule has 0 bridgehead atoms. The van der Waals surface area contributed by atoms with Gasteiger partial charge in [0.05, 0.1) is 23.9 Å². The lowest BCUT2D eigenvalue weighted by molar-refractivity contribution is 0.122. The topological polar surface area (TPSA) is 25.4 Å². The molecule has 0 spiro atoms. The van der Waals surface area contributed by atoms with Gasteiger partial charge in [-0.15, -0.1) is 11.3 Å². The second-order valence-electron chi connectivity index (χ2n) is 6.89. The molecule has 22 heavy (non-hydrogen) atoms. The summed E-state index contributed by atoms with van der Waals surface area (Å²) in [5.41, 5.74) is 5.04. The highest BCUT2D eigenvalue weighted by Crippen LogP contribution is 2.32. The van der Waals surface area contributed by atoms with Gasteiger partial charge in [-0.25, -0.2) is 4.98 Å². The second-order valence-corrected chi connectivity index (χ2v) is 7.75. The molecule has 0 unspecified atom stereocenters. The number of benzene rings is 1. The van der Waals surface area contributed by atoms with Crippen LogP contribution in [0.2, 0.25) is 0 Å². The van der Waals surface area contributed by atoms with Crippen LogP contribution in [0.4, 0.5) is 5.69 Å². The van der Waals surface area contributed by atoms with Gasteiger partial charge in [-0.2, -0.15) is 0 Å². The Morgan fingerprint density at radius 2 is 1.91 bits per heavy atom. The second kappa shape index (κ2) is 6.01. The Morgan fingerprint density at radius 1 is 1.18 bits per heavy atom. The van der Waals surface area contributed by atoms with Crippen molar-refractivity contribution < 1.29 is 4.74 Å². The first kappa shape index (κ1) is 15.5. The number of anilines is 1. The minimum Gasteiger partial charge on any atom is -0.378 e. The van der Waals surface area contributed by atoms with Gasteiger partial charge in [0, 0.05) is 35.1 Å². The van der Waals surface area contributed by atoms with E-state index in [4.69, 9.17) is 9.72 Å². The molecule has 0 amide bonds. The minimum absolute atomic E-state index is 0.117. The van der Waals surface area contributed by atoms with E-state index in [9.17, 15) is 0 Å². The van der Waals surface area contributed by atoms with E-state index < -0.39 is 0 Å². The molecule has 118 valence electrons. The maximum Gasteiger partial charge on any atom is 0.0986 e. The van der Waals surface area contributed by atoms with E-state index in [2.05, 4.69) is 56.2 Å². The fourth-order valence-corrected chi connectivity index (χ4v) is 3.64. The molecule has 2 aromatic rings. The summed E-state index contributed by atoms with van der Waals surface area (Å²) in [4.78, 5) is 7.23. The number of thiazole rings is 1. The van der Waals surface area contributed by atoms with Crippen LogP contribution >= 0.6 is 11.3 Å². The summed E-state index contributed by atoms with van der Waals surface area (Å²) in [6.45, 7) is 12.4. The average Bonchev–Trinajstić information content (AvgIpc) is 2.98. The Hall–Kier alpha value is -1.39. The lowest BCUT2D eigenvalue weighted by Crippen LogP contribution is -2.36. The molecule has 1 aliphatic heterocycles. The molecule has 2 heterocycles. The van der Waals surface area contributed by atoms with Crippen LogP contribution in [0, 0.1) is 6.92 Å². The lowest BCUT2D eigenvalue weighted by atomic mass is 9.98. The van der Waals surface area contributed by atoms with Gasteiger partial charge in [-0.05, 0) is 24.6 Å². The molecule has 0 saturated carbocycles. The van der Waals surface area contributed by atoms with Crippen molar-refractivity contribution in [2.45, 2.75) is 33.1 Å². The van der Waals surface area contributed by atoms with Crippen molar-refractivity contribution >= 4 is 17.0 Å². The molecule has 4 heteroatoms. The predicted octanol–water partition coefficient (Wildman–Crippen LogP) is 4.25. The summed E-state index contributed by atoms with van der Waals surface area (Å²) in [5.74, 6) is 0. The lowest BCUT2D eigenvalue weighted by Gasteiger charge is -2.30. The summed E-state index contributed by atoms with van der Waals surface area (Å²) in [5, 5.41) is 3.36. The number of morpholine rings is 1. The van der Waals surface area contributed by atoms with Gasteiger partial charge in [-0.1, -0.05) is 26.8 Å². The first-order valence-corrected chi connectivity index (χ1v) is 8.73. The molecule has 1 aliphatic rings. The Balaban J connectivity index is 1.86. The zero-order valence-corrected chi connectivity index (χ0v) is 14.7. The number of aromatic nitrogens is 1. The van der Waals surface area contributed by atoms with Crippen molar-refractivity contribution in [3.63, 3.8) is 0 Å². The average molecular weight is 316 g/mol. The van der Waals surface area contributed by atoms with Crippen LogP contribution in [0.5, 0.6) is 0 Å². The van der Waals surface area contributed by atoms with Gasteiger partial charge in [0.2, 0.25) is 0 Å². The first-order chi connectivity index (χ1) is 10.4. The smallest absolute Gasteiger partial charge is 0.0986 e. The molecule has 0 atom stereocenters. The quantitative estimate of drug-likeness (QED) is 0.828.